The van der Waals surface area contributed by atoms with Gasteiger partial charge in [-0.1, -0.05) is 43.3 Å². The van der Waals surface area contributed by atoms with Crippen molar-refractivity contribution in [3.63, 3.8) is 0 Å². The van der Waals surface area contributed by atoms with Gasteiger partial charge in [-0.25, -0.2) is 0 Å². The number of hydrogen-bond acceptors (Lipinski definition) is 5. The van der Waals surface area contributed by atoms with Crippen molar-refractivity contribution in [1.82, 2.24) is 4.90 Å². The van der Waals surface area contributed by atoms with Crippen LogP contribution in [0.3, 0.4) is 0 Å². The van der Waals surface area contributed by atoms with E-state index in [0.29, 0.717) is 29.6 Å². The zero-order valence-electron chi connectivity index (χ0n) is 18.5. The SMILES string of the molecule is CCCOc1c(I)cc(/C=C2\SC(=O)N(Cc3ccc4ccccc4c3)C2=O)cc1OCC. The van der Waals surface area contributed by atoms with Crippen LogP contribution in [0.4, 0.5) is 4.79 Å². The molecule has 33 heavy (non-hydrogen) atoms. The molecule has 1 saturated heterocycles. The summed E-state index contributed by atoms with van der Waals surface area (Å²) in [5, 5.41) is 1.95. The van der Waals surface area contributed by atoms with Crippen LogP contribution >= 0.6 is 34.4 Å². The number of carbonyl (C=O) groups is 2. The number of thioether (sulfide) groups is 1. The predicted octanol–water partition coefficient (Wildman–Crippen LogP) is 6.87. The van der Waals surface area contributed by atoms with Gasteiger partial charge in [0.1, 0.15) is 0 Å². The molecule has 170 valence electrons. The summed E-state index contributed by atoms with van der Waals surface area (Å²) >= 11 is 3.18. The van der Waals surface area contributed by atoms with Crippen molar-refractivity contribution in [1.29, 1.82) is 0 Å². The van der Waals surface area contributed by atoms with Gasteiger partial charge in [0.15, 0.2) is 11.5 Å². The highest BCUT2D eigenvalue weighted by Crippen LogP contribution is 2.38. The van der Waals surface area contributed by atoms with Crippen LogP contribution < -0.4 is 9.47 Å². The van der Waals surface area contributed by atoms with Gasteiger partial charge < -0.3 is 9.47 Å². The van der Waals surface area contributed by atoms with E-state index in [4.69, 9.17) is 9.47 Å². The normalized spacial score (nSPS) is 15.0. The first-order valence-corrected chi connectivity index (χ1v) is 12.7. The van der Waals surface area contributed by atoms with Crippen LogP contribution in [0, 0.1) is 3.57 Å². The minimum Gasteiger partial charge on any atom is -0.490 e. The van der Waals surface area contributed by atoms with Crippen molar-refractivity contribution in [3.05, 3.63) is 74.2 Å². The van der Waals surface area contributed by atoms with E-state index < -0.39 is 0 Å². The van der Waals surface area contributed by atoms with Crippen LogP contribution in [0.1, 0.15) is 31.4 Å². The lowest BCUT2D eigenvalue weighted by Gasteiger charge is -2.14. The van der Waals surface area contributed by atoms with Crippen LogP contribution in [-0.4, -0.2) is 29.3 Å². The summed E-state index contributed by atoms with van der Waals surface area (Å²) < 4.78 is 12.5. The highest BCUT2D eigenvalue weighted by Gasteiger charge is 2.35. The topological polar surface area (TPSA) is 55.8 Å². The number of halogens is 1. The second-order valence-electron chi connectivity index (χ2n) is 7.56. The predicted molar refractivity (Wildman–Crippen MR) is 142 cm³/mol. The van der Waals surface area contributed by atoms with Gasteiger partial charge in [-0.15, -0.1) is 0 Å². The summed E-state index contributed by atoms with van der Waals surface area (Å²) in [6, 6.07) is 17.8. The molecule has 3 aromatic rings. The summed E-state index contributed by atoms with van der Waals surface area (Å²) in [5.41, 5.74) is 1.71. The number of benzene rings is 3. The average Bonchev–Trinajstić information content (AvgIpc) is 3.06. The lowest BCUT2D eigenvalue weighted by molar-refractivity contribution is -0.123. The van der Waals surface area contributed by atoms with Gasteiger partial charge in [-0.3, -0.25) is 14.5 Å². The van der Waals surface area contributed by atoms with E-state index >= 15 is 0 Å². The number of ether oxygens (including phenoxy) is 2. The Hall–Kier alpha value is -2.52. The molecule has 0 aliphatic carbocycles. The molecule has 7 heteroatoms. The number of amides is 2. The van der Waals surface area contributed by atoms with E-state index in [1.807, 2.05) is 61.5 Å². The zero-order valence-corrected chi connectivity index (χ0v) is 21.4. The Labute approximate surface area is 211 Å². The van der Waals surface area contributed by atoms with Crippen LogP contribution in [0.15, 0.2) is 59.5 Å². The average molecular weight is 573 g/mol. The van der Waals surface area contributed by atoms with Gasteiger partial charge in [-0.2, -0.15) is 0 Å². The molecule has 0 radical (unpaired) electrons. The summed E-state index contributed by atoms with van der Waals surface area (Å²) in [4.78, 5) is 27.4. The molecular formula is C26H24INO4S. The molecule has 1 heterocycles. The summed E-state index contributed by atoms with van der Waals surface area (Å²) in [6.45, 7) is 5.32. The maximum absolute atomic E-state index is 13.1. The second kappa shape index (κ2) is 10.6. The summed E-state index contributed by atoms with van der Waals surface area (Å²) in [5.74, 6) is 1.07. The Morgan fingerprint density at radius 3 is 2.55 bits per heavy atom. The van der Waals surface area contributed by atoms with E-state index in [2.05, 4.69) is 29.5 Å². The number of fused-ring (bicyclic) bond motifs is 1. The smallest absolute Gasteiger partial charge is 0.293 e. The summed E-state index contributed by atoms with van der Waals surface area (Å²) in [7, 11) is 0. The molecule has 2 amide bonds. The first-order chi connectivity index (χ1) is 16.0. The van der Waals surface area contributed by atoms with E-state index in [1.165, 1.54) is 4.90 Å². The monoisotopic (exact) mass is 573 g/mol. The highest BCUT2D eigenvalue weighted by atomic mass is 127. The van der Waals surface area contributed by atoms with E-state index in [9.17, 15) is 9.59 Å². The number of hydrogen-bond donors (Lipinski definition) is 0. The minimum absolute atomic E-state index is 0.248. The maximum atomic E-state index is 13.1. The molecule has 0 bridgehead atoms. The van der Waals surface area contributed by atoms with E-state index in [1.54, 1.807) is 6.08 Å². The van der Waals surface area contributed by atoms with Crippen molar-refractivity contribution in [2.75, 3.05) is 13.2 Å². The fourth-order valence-corrected chi connectivity index (χ4v) is 5.21. The first kappa shape index (κ1) is 23.6. The van der Waals surface area contributed by atoms with Gasteiger partial charge in [0, 0.05) is 0 Å². The molecule has 0 N–H and O–H groups in total. The van der Waals surface area contributed by atoms with Crippen LogP contribution in [-0.2, 0) is 11.3 Å². The Morgan fingerprint density at radius 2 is 1.79 bits per heavy atom. The van der Waals surface area contributed by atoms with Crippen molar-refractivity contribution >= 4 is 62.3 Å². The molecule has 1 fully saturated rings. The third-order valence-corrected chi connectivity index (χ3v) is 6.82. The fourth-order valence-electron chi connectivity index (χ4n) is 3.59. The molecule has 5 nitrogen and oxygen atoms in total. The third kappa shape index (κ3) is 5.35. The van der Waals surface area contributed by atoms with Crippen LogP contribution in [0.2, 0.25) is 0 Å². The summed E-state index contributed by atoms with van der Waals surface area (Å²) in [6.07, 6.45) is 2.65. The number of nitrogens with zero attached hydrogens (tertiary/aromatic N) is 1. The molecule has 0 aromatic heterocycles. The molecule has 3 aromatic carbocycles. The van der Waals surface area contributed by atoms with Crippen molar-refractivity contribution in [2.45, 2.75) is 26.8 Å². The third-order valence-electron chi connectivity index (χ3n) is 5.11. The van der Waals surface area contributed by atoms with Crippen LogP contribution in [0.25, 0.3) is 16.8 Å². The Balaban J connectivity index is 1.57. The second-order valence-corrected chi connectivity index (χ2v) is 9.72. The van der Waals surface area contributed by atoms with Gasteiger partial charge >= 0.3 is 0 Å². The molecule has 1 aliphatic rings. The van der Waals surface area contributed by atoms with Gasteiger partial charge in [-0.05, 0) is 93.9 Å². The fraction of sp³-hybridized carbons (Fsp3) is 0.231. The Kier molecular flexibility index (Phi) is 7.60. The number of carbonyl (C=O) groups excluding carboxylic acids is 2. The quantitative estimate of drug-likeness (QED) is 0.218. The van der Waals surface area contributed by atoms with Crippen molar-refractivity contribution in [3.8, 4) is 11.5 Å². The maximum Gasteiger partial charge on any atom is 0.293 e. The standard InChI is InChI=1S/C26H24INO4S/c1-3-11-32-24-21(27)13-18(14-22(24)31-4-2)15-23-25(29)28(26(30)33-23)16-17-9-10-19-7-5-6-8-20(19)12-17/h5-10,12-15H,3-4,11,16H2,1-2H3/b23-15-. The molecular weight excluding hydrogens is 549 g/mol. The lowest BCUT2D eigenvalue weighted by atomic mass is 10.1. The number of imide groups is 1. The van der Waals surface area contributed by atoms with E-state index in [-0.39, 0.29) is 17.7 Å². The minimum atomic E-state index is -0.280. The first-order valence-electron chi connectivity index (χ1n) is 10.8. The molecule has 0 unspecified atom stereocenters. The Bertz CT molecular complexity index is 1240. The molecule has 4 rings (SSSR count). The highest BCUT2D eigenvalue weighted by molar-refractivity contribution is 14.1. The lowest BCUT2D eigenvalue weighted by Crippen LogP contribution is -2.27. The zero-order chi connectivity index (χ0) is 23.4. The Morgan fingerprint density at radius 1 is 1.00 bits per heavy atom. The molecule has 0 atom stereocenters. The van der Waals surface area contributed by atoms with Crippen molar-refractivity contribution in [2.24, 2.45) is 0 Å². The van der Waals surface area contributed by atoms with E-state index in [0.717, 1.165) is 43.7 Å². The van der Waals surface area contributed by atoms with Crippen molar-refractivity contribution < 1.29 is 19.1 Å². The molecule has 0 saturated carbocycles. The molecule has 1 aliphatic heterocycles. The largest absolute Gasteiger partial charge is 0.490 e. The van der Waals surface area contributed by atoms with Gasteiger partial charge in [0.2, 0.25) is 0 Å². The van der Waals surface area contributed by atoms with Gasteiger partial charge in [0.25, 0.3) is 11.1 Å². The van der Waals surface area contributed by atoms with Crippen LogP contribution in [0.5, 0.6) is 11.5 Å². The molecule has 0 spiro atoms. The number of rotatable bonds is 8. The van der Waals surface area contributed by atoms with Gasteiger partial charge in [0.05, 0.1) is 28.2 Å².